The minimum Gasteiger partial charge on any atom is -0.353 e. The highest BCUT2D eigenvalue weighted by molar-refractivity contribution is 8.00. The van der Waals surface area contributed by atoms with E-state index in [0.717, 1.165) is 11.8 Å². The Bertz CT molecular complexity index is 691. The average molecular weight is 362 g/mol. The van der Waals surface area contributed by atoms with Crippen molar-refractivity contribution in [3.63, 3.8) is 0 Å². The number of thioether (sulfide) groups is 1. The smallest absolute Gasteiger partial charge is 0.230 e. The molecule has 4 atom stereocenters. The van der Waals surface area contributed by atoms with Crippen LogP contribution in [0, 0.1) is 31.6 Å². The molecule has 1 N–H and O–H groups in total. The van der Waals surface area contributed by atoms with Gasteiger partial charge in [-0.05, 0) is 64.7 Å². The minimum absolute atomic E-state index is 0.0173. The summed E-state index contributed by atoms with van der Waals surface area (Å²) in [6, 6.07) is 0.226. The standard InChI is InChI=1S/C19H27N3O2S/c1-10(16-8-14-5-6-15(16)7-14)21-17(24)9-25-19-18(12(3)23)11(2)20-13(4)22-19/h10,14-16H,5-9H2,1-4H3,(H,21,24)/t10-,14-,15-,16+/m0/s1. The molecule has 1 amide bonds. The third-order valence-corrected chi connectivity index (χ3v) is 6.66. The first kappa shape index (κ1) is 18.4. The van der Waals surface area contributed by atoms with Crippen LogP contribution in [0.15, 0.2) is 5.03 Å². The Balaban J connectivity index is 1.58. The number of aromatic nitrogens is 2. The van der Waals surface area contributed by atoms with Crippen LogP contribution >= 0.6 is 11.8 Å². The van der Waals surface area contributed by atoms with E-state index in [1.807, 2.05) is 6.92 Å². The van der Waals surface area contributed by atoms with Crippen molar-refractivity contribution in [1.29, 1.82) is 0 Å². The van der Waals surface area contributed by atoms with E-state index < -0.39 is 0 Å². The number of amides is 1. The van der Waals surface area contributed by atoms with Crippen LogP contribution in [0.1, 0.15) is 61.4 Å². The van der Waals surface area contributed by atoms with E-state index in [2.05, 4.69) is 22.2 Å². The van der Waals surface area contributed by atoms with E-state index in [-0.39, 0.29) is 23.5 Å². The monoisotopic (exact) mass is 361 g/mol. The first-order chi connectivity index (χ1) is 11.8. The zero-order valence-corrected chi connectivity index (χ0v) is 16.3. The normalized spacial score (nSPS) is 25.8. The molecule has 0 aromatic carbocycles. The zero-order valence-electron chi connectivity index (χ0n) is 15.5. The quantitative estimate of drug-likeness (QED) is 0.478. The SMILES string of the molecule is CC(=O)c1c(C)nc(C)nc1SCC(=O)N[C@@H](C)[C@H]1C[C@H]2CC[C@H]1C2. The molecule has 6 heteroatoms. The summed E-state index contributed by atoms with van der Waals surface area (Å²) < 4.78 is 0. The predicted octanol–water partition coefficient (Wildman–Crippen LogP) is 3.33. The van der Waals surface area contributed by atoms with E-state index >= 15 is 0 Å². The van der Waals surface area contributed by atoms with Crippen molar-refractivity contribution < 1.29 is 9.59 Å². The zero-order chi connectivity index (χ0) is 18.1. The first-order valence-electron chi connectivity index (χ1n) is 9.13. The van der Waals surface area contributed by atoms with E-state index in [1.165, 1.54) is 44.4 Å². The first-order valence-corrected chi connectivity index (χ1v) is 10.1. The van der Waals surface area contributed by atoms with Gasteiger partial charge in [0.1, 0.15) is 10.9 Å². The fourth-order valence-corrected chi connectivity index (χ4v) is 5.62. The third-order valence-electron chi connectivity index (χ3n) is 5.68. The number of carbonyl (C=O) groups is 2. The molecule has 2 aliphatic carbocycles. The van der Waals surface area contributed by atoms with Crippen LogP contribution in [0.2, 0.25) is 0 Å². The molecule has 1 aromatic heterocycles. The fraction of sp³-hybridized carbons (Fsp3) is 0.684. The highest BCUT2D eigenvalue weighted by Crippen LogP contribution is 2.49. The van der Waals surface area contributed by atoms with Crippen LogP contribution in [0.25, 0.3) is 0 Å². The van der Waals surface area contributed by atoms with E-state index in [0.29, 0.717) is 28.0 Å². The molecule has 3 rings (SSSR count). The number of nitrogens with one attached hydrogen (secondary N) is 1. The van der Waals surface area contributed by atoms with Gasteiger partial charge in [-0.3, -0.25) is 9.59 Å². The second-order valence-electron chi connectivity index (χ2n) is 7.58. The lowest BCUT2D eigenvalue weighted by molar-refractivity contribution is -0.119. The van der Waals surface area contributed by atoms with Crippen LogP contribution in [-0.2, 0) is 4.79 Å². The molecule has 0 spiro atoms. The van der Waals surface area contributed by atoms with Crippen molar-refractivity contribution in [2.24, 2.45) is 17.8 Å². The number of ketones is 1. The molecule has 2 saturated carbocycles. The Labute approximate surface area is 153 Å². The number of hydrogen-bond donors (Lipinski definition) is 1. The molecule has 0 aliphatic heterocycles. The summed E-state index contributed by atoms with van der Waals surface area (Å²) in [5, 5.41) is 3.78. The maximum absolute atomic E-state index is 12.4. The molecule has 2 fully saturated rings. The van der Waals surface area contributed by atoms with Crippen molar-refractivity contribution in [2.75, 3.05) is 5.75 Å². The van der Waals surface area contributed by atoms with Crippen LogP contribution in [0.5, 0.6) is 0 Å². The van der Waals surface area contributed by atoms with Gasteiger partial charge >= 0.3 is 0 Å². The Morgan fingerprint density at radius 3 is 2.60 bits per heavy atom. The van der Waals surface area contributed by atoms with Gasteiger partial charge in [0.05, 0.1) is 17.0 Å². The van der Waals surface area contributed by atoms with Gasteiger partial charge in [0, 0.05) is 6.04 Å². The van der Waals surface area contributed by atoms with Crippen molar-refractivity contribution in [1.82, 2.24) is 15.3 Å². The Morgan fingerprint density at radius 2 is 2.00 bits per heavy atom. The lowest BCUT2D eigenvalue weighted by Crippen LogP contribution is -2.40. The highest BCUT2D eigenvalue weighted by atomic mass is 32.2. The Kier molecular flexibility index (Phi) is 5.46. The average Bonchev–Trinajstić information content (AvgIpc) is 3.14. The lowest BCUT2D eigenvalue weighted by Gasteiger charge is -2.28. The van der Waals surface area contributed by atoms with Gasteiger partial charge in [-0.2, -0.15) is 0 Å². The third kappa shape index (κ3) is 4.05. The second-order valence-corrected chi connectivity index (χ2v) is 8.54. The van der Waals surface area contributed by atoms with Crippen LogP contribution < -0.4 is 5.32 Å². The predicted molar refractivity (Wildman–Crippen MR) is 98.8 cm³/mol. The molecule has 2 aliphatic rings. The van der Waals surface area contributed by atoms with Gasteiger partial charge < -0.3 is 5.32 Å². The van der Waals surface area contributed by atoms with Gasteiger partial charge in [0.25, 0.3) is 0 Å². The van der Waals surface area contributed by atoms with E-state index in [4.69, 9.17) is 0 Å². The maximum Gasteiger partial charge on any atom is 0.230 e. The molecule has 0 saturated heterocycles. The van der Waals surface area contributed by atoms with Crippen molar-refractivity contribution in [3.8, 4) is 0 Å². The molecule has 0 unspecified atom stereocenters. The number of hydrogen-bond acceptors (Lipinski definition) is 5. The molecule has 0 radical (unpaired) electrons. The lowest BCUT2D eigenvalue weighted by atomic mass is 9.84. The van der Waals surface area contributed by atoms with Gasteiger partial charge in [-0.25, -0.2) is 9.97 Å². The molecular formula is C19H27N3O2S. The number of fused-ring (bicyclic) bond motifs is 2. The van der Waals surface area contributed by atoms with Crippen molar-refractivity contribution >= 4 is 23.5 Å². The summed E-state index contributed by atoms with van der Waals surface area (Å²) in [5.74, 6) is 3.17. The minimum atomic E-state index is -0.0595. The maximum atomic E-state index is 12.4. The van der Waals surface area contributed by atoms with Gasteiger partial charge in [-0.1, -0.05) is 18.2 Å². The van der Waals surface area contributed by atoms with Crippen molar-refractivity contribution in [3.05, 3.63) is 17.1 Å². The molecule has 1 heterocycles. The summed E-state index contributed by atoms with van der Waals surface area (Å²) in [6.45, 7) is 7.27. The summed E-state index contributed by atoms with van der Waals surface area (Å²) in [7, 11) is 0. The number of aryl methyl sites for hydroxylation is 2. The number of carbonyl (C=O) groups excluding carboxylic acids is 2. The topological polar surface area (TPSA) is 72.0 Å². The molecule has 5 nitrogen and oxygen atoms in total. The summed E-state index contributed by atoms with van der Waals surface area (Å²) >= 11 is 1.33. The summed E-state index contributed by atoms with van der Waals surface area (Å²) in [4.78, 5) is 32.9. The fourth-order valence-electron chi connectivity index (χ4n) is 4.63. The number of rotatable bonds is 6. The van der Waals surface area contributed by atoms with Crippen LogP contribution in [0.3, 0.4) is 0 Å². The number of Topliss-reactive ketones (excluding diaryl/α,β-unsaturated/α-hetero) is 1. The molecule has 1 aromatic rings. The van der Waals surface area contributed by atoms with Gasteiger partial charge in [0.15, 0.2) is 5.78 Å². The Hall–Kier alpha value is -1.43. The highest BCUT2D eigenvalue weighted by Gasteiger charge is 2.42. The van der Waals surface area contributed by atoms with Crippen LogP contribution in [0.4, 0.5) is 0 Å². The van der Waals surface area contributed by atoms with Crippen LogP contribution in [-0.4, -0.2) is 33.5 Å². The molecule has 25 heavy (non-hydrogen) atoms. The van der Waals surface area contributed by atoms with Gasteiger partial charge in [-0.15, -0.1) is 0 Å². The second kappa shape index (κ2) is 7.44. The largest absolute Gasteiger partial charge is 0.353 e. The Morgan fingerprint density at radius 1 is 1.24 bits per heavy atom. The molecule has 136 valence electrons. The van der Waals surface area contributed by atoms with E-state index in [9.17, 15) is 9.59 Å². The molecular weight excluding hydrogens is 334 g/mol. The molecule has 2 bridgehead atoms. The van der Waals surface area contributed by atoms with Crippen molar-refractivity contribution in [2.45, 2.75) is 64.4 Å². The van der Waals surface area contributed by atoms with E-state index in [1.54, 1.807) is 6.92 Å². The van der Waals surface area contributed by atoms with Gasteiger partial charge in [0.2, 0.25) is 5.91 Å². The number of nitrogens with zero attached hydrogens (tertiary/aromatic N) is 2. The summed E-state index contributed by atoms with van der Waals surface area (Å²) in [5.41, 5.74) is 1.21. The summed E-state index contributed by atoms with van der Waals surface area (Å²) in [6.07, 6.45) is 5.31.